The van der Waals surface area contributed by atoms with Crippen LogP contribution in [0.15, 0.2) is 54.6 Å². The Morgan fingerprint density at radius 1 is 1.06 bits per heavy atom. The molecule has 3 heteroatoms. The molecular weight excluding hydrogens is 223 g/mol. The number of benzene rings is 2. The van der Waals surface area contributed by atoms with Crippen molar-refractivity contribution in [2.75, 3.05) is 0 Å². The summed E-state index contributed by atoms with van der Waals surface area (Å²) in [5.41, 5.74) is 2.73. The van der Waals surface area contributed by atoms with Gasteiger partial charge in [-0.25, -0.2) is 0 Å². The van der Waals surface area contributed by atoms with Gasteiger partial charge in [0, 0.05) is 6.42 Å². The van der Waals surface area contributed by atoms with Gasteiger partial charge in [-0.2, -0.15) is 0 Å². The van der Waals surface area contributed by atoms with Gasteiger partial charge < -0.3 is 9.68 Å². The van der Waals surface area contributed by atoms with Crippen LogP contribution in [0.25, 0.3) is 0 Å². The standard InChI is InChI=1S/C15H15BO2/c1-15(11-12-7-3-2-4-8-12)13-9-5-6-10-14(13)16(17)18-15/h2-10,17H,11H2,1H3. The quantitative estimate of drug-likeness (QED) is 0.809. The van der Waals surface area contributed by atoms with E-state index in [9.17, 15) is 5.02 Å². The Labute approximate surface area is 107 Å². The SMILES string of the molecule is CC1(Cc2ccccc2)OB(O)c2ccccc21. The summed E-state index contributed by atoms with van der Waals surface area (Å²) in [6, 6.07) is 18.1. The van der Waals surface area contributed by atoms with E-state index in [1.807, 2.05) is 49.4 Å². The van der Waals surface area contributed by atoms with Crippen LogP contribution in [-0.4, -0.2) is 12.1 Å². The number of fused-ring (bicyclic) bond motifs is 1. The predicted octanol–water partition coefficient (Wildman–Crippen LogP) is 1.86. The van der Waals surface area contributed by atoms with Crippen molar-refractivity contribution >= 4 is 12.6 Å². The molecule has 1 heterocycles. The zero-order valence-electron chi connectivity index (χ0n) is 10.3. The maximum atomic E-state index is 9.97. The average Bonchev–Trinajstić information content (AvgIpc) is 2.63. The van der Waals surface area contributed by atoms with E-state index in [1.165, 1.54) is 5.56 Å². The maximum Gasteiger partial charge on any atom is 0.492 e. The van der Waals surface area contributed by atoms with Crippen LogP contribution in [0.5, 0.6) is 0 Å². The van der Waals surface area contributed by atoms with Gasteiger partial charge in [0.25, 0.3) is 0 Å². The first kappa shape index (κ1) is 11.5. The second kappa shape index (κ2) is 4.27. The first-order valence-corrected chi connectivity index (χ1v) is 6.18. The smallest absolute Gasteiger partial charge is 0.423 e. The molecule has 0 fully saturated rings. The number of hydrogen-bond acceptors (Lipinski definition) is 2. The first-order chi connectivity index (χ1) is 8.69. The lowest BCUT2D eigenvalue weighted by atomic mass is 9.77. The molecule has 0 aromatic heterocycles. The van der Waals surface area contributed by atoms with Crippen molar-refractivity contribution in [3.8, 4) is 0 Å². The molecular formula is C15H15BO2. The van der Waals surface area contributed by atoms with Crippen molar-refractivity contribution in [2.45, 2.75) is 18.9 Å². The van der Waals surface area contributed by atoms with Crippen LogP contribution in [-0.2, 0) is 16.7 Å². The minimum atomic E-state index is -0.810. The summed E-state index contributed by atoms with van der Waals surface area (Å²) in [5.74, 6) is 0. The molecule has 0 saturated heterocycles. The third kappa shape index (κ3) is 1.86. The van der Waals surface area contributed by atoms with Crippen molar-refractivity contribution in [2.24, 2.45) is 0 Å². The lowest BCUT2D eigenvalue weighted by molar-refractivity contribution is 0.0806. The van der Waals surface area contributed by atoms with E-state index in [4.69, 9.17) is 4.65 Å². The van der Waals surface area contributed by atoms with Crippen molar-refractivity contribution in [1.29, 1.82) is 0 Å². The van der Waals surface area contributed by atoms with E-state index < -0.39 is 12.7 Å². The van der Waals surface area contributed by atoms with E-state index in [0.29, 0.717) is 0 Å². The molecule has 2 aromatic rings. The van der Waals surface area contributed by atoms with Crippen LogP contribution < -0.4 is 5.46 Å². The zero-order chi connectivity index (χ0) is 12.6. The minimum absolute atomic E-state index is 0.447. The van der Waals surface area contributed by atoms with Crippen molar-refractivity contribution in [1.82, 2.24) is 0 Å². The summed E-state index contributed by atoms with van der Waals surface area (Å²) < 4.78 is 5.78. The average molecular weight is 238 g/mol. The Kier molecular flexibility index (Phi) is 2.73. The van der Waals surface area contributed by atoms with Gasteiger partial charge in [0.05, 0.1) is 5.60 Å². The molecule has 0 aliphatic carbocycles. The summed E-state index contributed by atoms with van der Waals surface area (Å²) >= 11 is 0. The molecule has 0 amide bonds. The molecule has 1 N–H and O–H groups in total. The normalized spacial score (nSPS) is 22.0. The second-order valence-corrected chi connectivity index (χ2v) is 4.95. The summed E-state index contributed by atoms with van der Waals surface area (Å²) in [7, 11) is -0.810. The first-order valence-electron chi connectivity index (χ1n) is 6.18. The van der Waals surface area contributed by atoms with Gasteiger partial charge >= 0.3 is 7.12 Å². The van der Waals surface area contributed by atoms with Crippen LogP contribution in [0.3, 0.4) is 0 Å². The molecule has 1 atom stereocenters. The highest BCUT2D eigenvalue weighted by Crippen LogP contribution is 2.33. The van der Waals surface area contributed by atoms with Crippen molar-refractivity contribution < 1.29 is 9.68 Å². The molecule has 1 unspecified atom stereocenters. The third-order valence-corrected chi connectivity index (χ3v) is 3.55. The van der Waals surface area contributed by atoms with E-state index in [0.717, 1.165) is 17.4 Å². The van der Waals surface area contributed by atoms with Gasteiger partial charge in [0.2, 0.25) is 0 Å². The lowest BCUT2D eigenvalue weighted by Crippen LogP contribution is -2.29. The van der Waals surface area contributed by atoms with Crippen molar-refractivity contribution in [3.05, 3.63) is 65.7 Å². The van der Waals surface area contributed by atoms with Crippen LogP contribution in [0.4, 0.5) is 0 Å². The fraction of sp³-hybridized carbons (Fsp3) is 0.200. The van der Waals surface area contributed by atoms with Gasteiger partial charge in [-0.1, -0.05) is 54.6 Å². The Balaban J connectivity index is 1.97. The Morgan fingerprint density at radius 2 is 1.72 bits per heavy atom. The van der Waals surface area contributed by atoms with Gasteiger partial charge in [0.1, 0.15) is 0 Å². The van der Waals surface area contributed by atoms with Crippen LogP contribution in [0.2, 0.25) is 0 Å². The molecule has 2 aromatic carbocycles. The molecule has 0 bridgehead atoms. The molecule has 2 nitrogen and oxygen atoms in total. The van der Waals surface area contributed by atoms with Gasteiger partial charge in [-0.05, 0) is 23.5 Å². The molecule has 1 aliphatic heterocycles. The molecule has 18 heavy (non-hydrogen) atoms. The lowest BCUT2D eigenvalue weighted by Gasteiger charge is -2.26. The molecule has 90 valence electrons. The molecule has 1 aliphatic rings. The molecule has 0 spiro atoms. The summed E-state index contributed by atoms with van der Waals surface area (Å²) in [5, 5.41) is 9.97. The second-order valence-electron chi connectivity index (χ2n) is 4.95. The topological polar surface area (TPSA) is 29.5 Å². The molecule has 0 saturated carbocycles. The zero-order valence-corrected chi connectivity index (χ0v) is 10.3. The molecule has 0 radical (unpaired) electrons. The Morgan fingerprint density at radius 3 is 2.50 bits per heavy atom. The monoisotopic (exact) mass is 238 g/mol. The number of rotatable bonds is 2. The van der Waals surface area contributed by atoms with Crippen LogP contribution in [0.1, 0.15) is 18.1 Å². The highest BCUT2D eigenvalue weighted by molar-refractivity contribution is 6.61. The minimum Gasteiger partial charge on any atom is -0.423 e. The Hall–Kier alpha value is -1.58. The Bertz CT molecular complexity index is 555. The van der Waals surface area contributed by atoms with Crippen LogP contribution >= 0.6 is 0 Å². The fourth-order valence-electron chi connectivity index (χ4n) is 2.69. The summed E-state index contributed by atoms with van der Waals surface area (Å²) in [6.07, 6.45) is 0.766. The number of hydrogen-bond donors (Lipinski definition) is 1. The highest BCUT2D eigenvalue weighted by Gasteiger charge is 2.43. The van der Waals surface area contributed by atoms with E-state index in [1.54, 1.807) is 0 Å². The van der Waals surface area contributed by atoms with Crippen molar-refractivity contribution in [3.63, 3.8) is 0 Å². The van der Waals surface area contributed by atoms with E-state index >= 15 is 0 Å². The predicted molar refractivity (Wildman–Crippen MR) is 72.6 cm³/mol. The highest BCUT2D eigenvalue weighted by atomic mass is 16.5. The summed E-state index contributed by atoms with van der Waals surface area (Å²) in [4.78, 5) is 0. The van der Waals surface area contributed by atoms with Crippen LogP contribution in [0, 0.1) is 0 Å². The summed E-state index contributed by atoms with van der Waals surface area (Å²) in [6.45, 7) is 2.04. The third-order valence-electron chi connectivity index (χ3n) is 3.55. The van der Waals surface area contributed by atoms with Gasteiger partial charge in [-0.15, -0.1) is 0 Å². The maximum absolute atomic E-state index is 9.97. The largest absolute Gasteiger partial charge is 0.492 e. The van der Waals surface area contributed by atoms with Gasteiger partial charge in [-0.3, -0.25) is 0 Å². The molecule has 3 rings (SSSR count). The van der Waals surface area contributed by atoms with E-state index in [-0.39, 0.29) is 0 Å². The van der Waals surface area contributed by atoms with Gasteiger partial charge in [0.15, 0.2) is 0 Å². The fourth-order valence-corrected chi connectivity index (χ4v) is 2.69. The van der Waals surface area contributed by atoms with E-state index in [2.05, 4.69) is 12.1 Å².